The molecule has 4 heterocycles. The van der Waals surface area contributed by atoms with Crippen LogP contribution in [0, 0.1) is 0 Å². The number of hydrogen-bond donors (Lipinski definition) is 1. The van der Waals surface area contributed by atoms with Crippen molar-refractivity contribution in [2.24, 2.45) is 0 Å². The van der Waals surface area contributed by atoms with Crippen LogP contribution in [0.1, 0.15) is 25.7 Å². The molecule has 4 aromatic rings. The van der Waals surface area contributed by atoms with Crippen LogP contribution in [0.2, 0.25) is 0 Å². The summed E-state index contributed by atoms with van der Waals surface area (Å²) in [6, 6.07) is 10.0. The minimum atomic E-state index is -0.379. The zero-order valence-electron chi connectivity index (χ0n) is 13.2. The first-order valence-corrected chi connectivity index (χ1v) is 8.38. The van der Waals surface area contributed by atoms with Crippen molar-refractivity contribution in [2.75, 3.05) is 5.32 Å². The number of nitrogens with one attached hydrogen (secondary N) is 1. The predicted molar refractivity (Wildman–Crippen MR) is 94.1 cm³/mol. The molecule has 0 radical (unpaired) electrons. The summed E-state index contributed by atoms with van der Waals surface area (Å²) < 4.78 is 10.3. The van der Waals surface area contributed by atoms with E-state index in [4.69, 9.17) is 8.83 Å². The molecule has 0 fully saturated rings. The highest BCUT2D eigenvalue weighted by atomic mass is 32.1. The number of nitrogens with zero attached hydrogens (tertiary/aromatic N) is 2. The van der Waals surface area contributed by atoms with Crippen molar-refractivity contribution < 1.29 is 18.4 Å². The molecule has 0 bridgehead atoms. The predicted octanol–water partition coefficient (Wildman–Crippen LogP) is 3.87. The van der Waals surface area contributed by atoms with Crippen LogP contribution in [-0.2, 0) is 0 Å². The molecule has 0 saturated carbocycles. The molecule has 0 aliphatic rings. The van der Waals surface area contributed by atoms with Crippen LogP contribution in [0.15, 0.2) is 70.2 Å². The lowest BCUT2D eigenvalue weighted by atomic mass is 10.1. The van der Waals surface area contributed by atoms with Crippen LogP contribution in [0.4, 0.5) is 5.13 Å². The van der Waals surface area contributed by atoms with Gasteiger partial charge in [-0.3, -0.25) is 19.9 Å². The van der Waals surface area contributed by atoms with Gasteiger partial charge in [-0.05, 0) is 30.3 Å². The number of anilines is 1. The van der Waals surface area contributed by atoms with E-state index >= 15 is 0 Å². The summed E-state index contributed by atoms with van der Waals surface area (Å²) in [5, 5.41) is 2.95. The number of furan rings is 2. The molecule has 0 aromatic carbocycles. The van der Waals surface area contributed by atoms with Crippen LogP contribution >= 0.6 is 11.3 Å². The molecule has 0 unspecified atom stereocenters. The second-order valence-corrected chi connectivity index (χ2v) is 6.18. The summed E-state index contributed by atoms with van der Waals surface area (Å²) in [6.07, 6.45) is 5.77. The molecule has 1 amide bonds. The van der Waals surface area contributed by atoms with E-state index in [1.54, 1.807) is 36.5 Å². The average molecular weight is 365 g/mol. The van der Waals surface area contributed by atoms with E-state index in [1.807, 2.05) is 0 Å². The maximum Gasteiger partial charge on any atom is 0.260 e. The third-order valence-corrected chi connectivity index (χ3v) is 4.46. The highest BCUT2D eigenvalue weighted by molar-refractivity contribution is 7.18. The van der Waals surface area contributed by atoms with E-state index in [1.165, 1.54) is 24.9 Å². The maximum atomic E-state index is 12.8. The number of aromatic nitrogens is 2. The first kappa shape index (κ1) is 16.0. The van der Waals surface area contributed by atoms with Gasteiger partial charge in [0.2, 0.25) is 5.78 Å². The quantitative estimate of drug-likeness (QED) is 0.539. The number of hydrogen-bond acceptors (Lipinski definition) is 7. The number of thiazole rings is 1. The monoisotopic (exact) mass is 365 g/mol. The van der Waals surface area contributed by atoms with Crippen molar-refractivity contribution >= 4 is 28.2 Å². The standard InChI is InChI=1S/C18H11N3O4S/c22-15(12-4-1-2-7-19-12)16-14(13-5-3-8-25-13)20-18(26-16)21-17(23)11-6-9-24-10-11/h1-10H,(H,20,21,23). The van der Waals surface area contributed by atoms with Gasteiger partial charge in [0.25, 0.3) is 5.91 Å². The van der Waals surface area contributed by atoms with Crippen LogP contribution in [0.25, 0.3) is 11.5 Å². The number of amides is 1. The largest absolute Gasteiger partial charge is 0.472 e. The number of ketones is 1. The average Bonchev–Trinajstić information content (AvgIpc) is 3.42. The zero-order valence-corrected chi connectivity index (χ0v) is 14.0. The molecule has 1 N–H and O–H groups in total. The van der Waals surface area contributed by atoms with E-state index in [0.717, 1.165) is 11.3 Å². The third-order valence-electron chi connectivity index (χ3n) is 3.49. The van der Waals surface area contributed by atoms with Gasteiger partial charge in [-0.25, -0.2) is 4.98 Å². The van der Waals surface area contributed by atoms with E-state index in [0.29, 0.717) is 21.9 Å². The summed E-state index contributed by atoms with van der Waals surface area (Å²) in [6.45, 7) is 0. The number of pyridine rings is 1. The Labute approximate surface area is 151 Å². The lowest BCUT2D eigenvalue weighted by molar-refractivity contribution is 0.102. The van der Waals surface area contributed by atoms with Crippen molar-refractivity contribution in [3.8, 4) is 11.5 Å². The molecule has 0 saturated heterocycles. The summed E-state index contributed by atoms with van der Waals surface area (Å²) in [5.74, 6) is -0.238. The van der Waals surface area contributed by atoms with E-state index in [2.05, 4.69) is 15.3 Å². The van der Waals surface area contributed by atoms with Gasteiger partial charge < -0.3 is 8.83 Å². The Morgan fingerprint density at radius 3 is 2.69 bits per heavy atom. The van der Waals surface area contributed by atoms with Crippen LogP contribution in [-0.4, -0.2) is 21.7 Å². The molecule has 0 spiro atoms. The highest BCUT2D eigenvalue weighted by Crippen LogP contribution is 2.33. The summed E-state index contributed by atoms with van der Waals surface area (Å²) in [7, 11) is 0. The second kappa shape index (κ2) is 6.77. The fraction of sp³-hybridized carbons (Fsp3) is 0. The van der Waals surface area contributed by atoms with Gasteiger partial charge in [0.15, 0.2) is 10.9 Å². The van der Waals surface area contributed by atoms with Gasteiger partial charge in [-0.2, -0.15) is 0 Å². The molecular weight excluding hydrogens is 354 g/mol. The number of carbonyl (C=O) groups is 2. The molecule has 0 aliphatic heterocycles. The van der Waals surface area contributed by atoms with Gasteiger partial charge in [0.05, 0.1) is 18.1 Å². The Balaban J connectivity index is 1.71. The van der Waals surface area contributed by atoms with E-state index < -0.39 is 0 Å². The van der Waals surface area contributed by atoms with Crippen LogP contribution in [0.3, 0.4) is 0 Å². The Kier molecular flexibility index (Phi) is 4.16. The fourth-order valence-electron chi connectivity index (χ4n) is 2.28. The Morgan fingerprint density at radius 1 is 1.08 bits per heavy atom. The number of carbonyl (C=O) groups excluding carboxylic acids is 2. The molecule has 0 aliphatic carbocycles. The Morgan fingerprint density at radius 2 is 2.00 bits per heavy atom. The summed E-state index contributed by atoms with van der Waals surface area (Å²) in [4.78, 5) is 33.8. The maximum absolute atomic E-state index is 12.8. The van der Waals surface area contributed by atoms with Crippen LogP contribution in [0.5, 0.6) is 0 Å². The van der Waals surface area contributed by atoms with Crippen LogP contribution < -0.4 is 5.32 Å². The molecule has 7 nitrogen and oxygen atoms in total. The van der Waals surface area contributed by atoms with Crippen molar-refractivity contribution in [1.82, 2.24) is 9.97 Å². The summed E-state index contributed by atoms with van der Waals surface area (Å²) in [5.41, 5.74) is 1.01. The van der Waals surface area contributed by atoms with Gasteiger partial charge in [-0.1, -0.05) is 17.4 Å². The van der Waals surface area contributed by atoms with Crippen molar-refractivity contribution in [2.45, 2.75) is 0 Å². The molecule has 0 atom stereocenters. The minimum absolute atomic E-state index is 0.280. The smallest absolute Gasteiger partial charge is 0.260 e. The molecule has 8 heteroatoms. The Hall–Kier alpha value is -3.52. The van der Waals surface area contributed by atoms with Gasteiger partial charge in [-0.15, -0.1) is 0 Å². The fourth-order valence-corrected chi connectivity index (χ4v) is 3.20. The first-order valence-electron chi connectivity index (χ1n) is 7.56. The lowest BCUT2D eigenvalue weighted by Gasteiger charge is -1.98. The summed E-state index contributed by atoms with van der Waals surface area (Å²) >= 11 is 1.06. The highest BCUT2D eigenvalue weighted by Gasteiger charge is 2.24. The second-order valence-electron chi connectivity index (χ2n) is 5.18. The molecule has 4 rings (SSSR count). The van der Waals surface area contributed by atoms with Gasteiger partial charge in [0.1, 0.15) is 22.5 Å². The zero-order chi connectivity index (χ0) is 17.9. The SMILES string of the molecule is O=C(Nc1nc(-c2ccco2)c(C(=O)c2ccccn2)s1)c1ccoc1. The van der Waals surface area contributed by atoms with E-state index in [9.17, 15) is 9.59 Å². The molecule has 128 valence electrons. The first-order chi connectivity index (χ1) is 12.7. The molecule has 26 heavy (non-hydrogen) atoms. The third kappa shape index (κ3) is 3.05. The lowest BCUT2D eigenvalue weighted by Crippen LogP contribution is -2.10. The minimum Gasteiger partial charge on any atom is -0.472 e. The van der Waals surface area contributed by atoms with Crippen molar-refractivity contribution in [3.63, 3.8) is 0 Å². The molecular formula is C18H11N3O4S. The van der Waals surface area contributed by atoms with E-state index in [-0.39, 0.29) is 22.5 Å². The van der Waals surface area contributed by atoms with Gasteiger partial charge >= 0.3 is 0 Å². The topological polar surface area (TPSA) is 98.2 Å². The Bertz CT molecular complexity index is 1040. The normalized spacial score (nSPS) is 10.6. The number of rotatable bonds is 5. The van der Waals surface area contributed by atoms with Crippen molar-refractivity contribution in [1.29, 1.82) is 0 Å². The van der Waals surface area contributed by atoms with Gasteiger partial charge in [0, 0.05) is 6.20 Å². The molecule has 4 aromatic heterocycles. The van der Waals surface area contributed by atoms with Crippen molar-refractivity contribution in [3.05, 3.63) is 77.5 Å².